The van der Waals surface area contributed by atoms with E-state index >= 15 is 0 Å². The quantitative estimate of drug-likeness (QED) is 0.460. The Hall–Kier alpha value is -2.94. The number of aromatic nitrogens is 1. The first kappa shape index (κ1) is 22.3. The first-order chi connectivity index (χ1) is 15.2. The van der Waals surface area contributed by atoms with E-state index in [9.17, 15) is 26.7 Å². The fourth-order valence-corrected chi connectivity index (χ4v) is 4.19. The Morgan fingerprint density at radius 3 is 2.44 bits per heavy atom. The number of nitrogens with one attached hydrogen (secondary N) is 2. The number of halogens is 5. The van der Waals surface area contributed by atoms with Gasteiger partial charge in [-0.2, -0.15) is 0 Å². The first-order valence-electron chi connectivity index (χ1n) is 10.2. The van der Waals surface area contributed by atoms with Gasteiger partial charge in [0, 0.05) is 29.6 Å². The minimum atomic E-state index is -2.93. The number of H-pyrrole nitrogens is 1. The molecule has 1 heterocycles. The molecule has 9 heteroatoms. The number of amides is 1. The predicted octanol–water partition coefficient (Wildman–Crippen LogP) is 4.56. The lowest BCUT2D eigenvalue weighted by molar-refractivity contribution is -0.130. The van der Waals surface area contributed by atoms with E-state index in [2.05, 4.69) is 10.3 Å². The number of hydrogen-bond donors (Lipinski definition) is 3. The maximum Gasteiger partial charge on any atom is 0.265 e. The summed E-state index contributed by atoms with van der Waals surface area (Å²) in [5.41, 5.74) is 1.99. The number of carbonyl (C=O) groups excluding carboxylic acids is 1. The van der Waals surface area contributed by atoms with Crippen LogP contribution in [0.15, 0.2) is 36.4 Å². The maximum atomic E-state index is 14.4. The molecule has 2 aromatic carbocycles. The third-order valence-electron chi connectivity index (χ3n) is 5.94. The summed E-state index contributed by atoms with van der Waals surface area (Å²) >= 11 is 0. The third-order valence-corrected chi connectivity index (χ3v) is 5.94. The largest absolute Gasteiger partial charge is 0.385 e. The minimum absolute atomic E-state index is 0.0373. The minimum Gasteiger partial charge on any atom is -0.385 e. The Balaban J connectivity index is 1.52. The van der Waals surface area contributed by atoms with Crippen molar-refractivity contribution >= 4 is 16.8 Å². The van der Waals surface area contributed by atoms with Crippen LogP contribution in [0.5, 0.6) is 0 Å². The van der Waals surface area contributed by atoms with Crippen LogP contribution in [0.3, 0.4) is 0 Å². The van der Waals surface area contributed by atoms with Crippen molar-refractivity contribution < 1.29 is 31.9 Å². The molecule has 0 saturated heterocycles. The monoisotopic (exact) mass is 452 g/mol. The molecule has 3 aromatic rings. The number of aromatic amines is 1. The number of hydrogen-bond acceptors (Lipinski definition) is 2. The number of fused-ring (bicyclic) bond motifs is 1. The predicted molar refractivity (Wildman–Crippen MR) is 109 cm³/mol. The van der Waals surface area contributed by atoms with Crippen molar-refractivity contribution in [3.8, 4) is 11.3 Å². The lowest BCUT2D eigenvalue weighted by Gasteiger charge is -2.34. The SMILES string of the molecule is O=C(NCC(O)C(F)F)C1CC(Cc2c(-c3ccc(F)cc3)[nH]c3c(F)cc(F)cc23)C1. The highest BCUT2D eigenvalue weighted by atomic mass is 19.3. The van der Waals surface area contributed by atoms with Crippen molar-refractivity contribution in [1.29, 1.82) is 0 Å². The number of aliphatic hydroxyl groups is 1. The summed E-state index contributed by atoms with van der Waals surface area (Å²) in [5.74, 6) is -2.63. The smallest absolute Gasteiger partial charge is 0.265 e. The standard InChI is InChI=1S/C23H21F5N2O2/c24-14-3-1-12(2-4-14)20-16(17-8-15(25)9-18(26)21(17)30-20)7-11-5-13(6-11)23(32)29-10-19(31)22(27)28/h1-4,8-9,11,13,19,22,30-31H,5-7,10H2,(H,29,32). The van der Waals surface area contributed by atoms with Crippen LogP contribution >= 0.6 is 0 Å². The molecule has 1 saturated carbocycles. The molecular formula is C23H21F5N2O2. The molecule has 0 spiro atoms. The van der Waals surface area contributed by atoms with Gasteiger partial charge in [0.25, 0.3) is 6.43 Å². The highest BCUT2D eigenvalue weighted by Crippen LogP contribution is 2.41. The van der Waals surface area contributed by atoms with Gasteiger partial charge in [-0.25, -0.2) is 22.0 Å². The lowest BCUT2D eigenvalue weighted by atomic mass is 9.71. The fraction of sp³-hybridized carbons (Fsp3) is 0.348. The number of alkyl halides is 2. The molecule has 170 valence electrons. The zero-order valence-electron chi connectivity index (χ0n) is 16.8. The van der Waals surface area contributed by atoms with Crippen molar-refractivity contribution in [3.63, 3.8) is 0 Å². The summed E-state index contributed by atoms with van der Waals surface area (Å²) < 4.78 is 66.4. The van der Waals surface area contributed by atoms with Gasteiger partial charge in [0.1, 0.15) is 23.6 Å². The highest BCUT2D eigenvalue weighted by Gasteiger charge is 2.36. The Bertz CT molecular complexity index is 1120. The van der Waals surface area contributed by atoms with Crippen molar-refractivity contribution in [2.24, 2.45) is 11.8 Å². The molecule has 1 aliphatic carbocycles. The van der Waals surface area contributed by atoms with E-state index in [0.717, 1.165) is 6.07 Å². The molecular weight excluding hydrogens is 431 g/mol. The molecule has 1 aliphatic rings. The Labute approximate surface area is 180 Å². The molecule has 1 aromatic heterocycles. The van der Waals surface area contributed by atoms with Crippen molar-refractivity contribution in [2.75, 3.05) is 6.54 Å². The summed E-state index contributed by atoms with van der Waals surface area (Å²) in [6.07, 6.45) is -3.46. The summed E-state index contributed by atoms with van der Waals surface area (Å²) in [7, 11) is 0. The van der Waals surface area contributed by atoms with E-state index in [1.54, 1.807) is 12.1 Å². The van der Waals surface area contributed by atoms with Crippen LogP contribution < -0.4 is 5.32 Å². The van der Waals surface area contributed by atoms with E-state index in [1.807, 2.05) is 0 Å². The molecule has 0 aliphatic heterocycles. The van der Waals surface area contributed by atoms with Crippen LogP contribution in [0.4, 0.5) is 22.0 Å². The Kier molecular flexibility index (Phi) is 6.19. The van der Waals surface area contributed by atoms with E-state index in [4.69, 9.17) is 5.11 Å². The van der Waals surface area contributed by atoms with E-state index in [0.29, 0.717) is 41.5 Å². The maximum absolute atomic E-state index is 14.4. The van der Waals surface area contributed by atoms with Gasteiger partial charge in [-0.3, -0.25) is 4.79 Å². The Morgan fingerprint density at radius 2 is 1.78 bits per heavy atom. The Morgan fingerprint density at radius 1 is 1.09 bits per heavy atom. The van der Waals surface area contributed by atoms with Crippen LogP contribution in [-0.2, 0) is 11.2 Å². The van der Waals surface area contributed by atoms with Crippen LogP contribution in [0.25, 0.3) is 22.2 Å². The van der Waals surface area contributed by atoms with E-state index in [-0.39, 0.29) is 17.4 Å². The number of rotatable bonds is 7. The summed E-state index contributed by atoms with van der Waals surface area (Å²) in [5, 5.41) is 11.8. The van der Waals surface area contributed by atoms with Crippen molar-refractivity contribution in [3.05, 3.63) is 59.4 Å². The average Bonchev–Trinajstić information content (AvgIpc) is 3.07. The highest BCUT2D eigenvalue weighted by molar-refractivity contribution is 5.91. The summed E-state index contributed by atoms with van der Waals surface area (Å²) in [4.78, 5) is 15.1. The second-order valence-electron chi connectivity index (χ2n) is 8.18. The topological polar surface area (TPSA) is 65.1 Å². The van der Waals surface area contributed by atoms with Gasteiger partial charge in [-0.1, -0.05) is 0 Å². The summed E-state index contributed by atoms with van der Waals surface area (Å²) in [6, 6.07) is 7.67. The number of benzene rings is 2. The molecule has 1 atom stereocenters. The normalized spacial score (nSPS) is 19.2. The van der Waals surface area contributed by atoms with Gasteiger partial charge in [0.15, 0.2) is 0 Å². The van der Waals surface area contributed by atoms with E-state index < -0.39 is 42.4 Å². The van der Waals surface area contributed by atoms with Gasteiger partial charge in [-0.05, 0) is 66.6 Å². The van der Waals surface area contributed by atoms with Gasteiger partial charge in [0.05, 0.1) is 5.52 Å². The van der Waals surface area contributed by atoms with Gasteiger partial charge in [0.2, 0.25) is 5.91 Å². The zero-order valence-corrected chi connectivity index (χ0v) is 16.8. The number of carbonyl (C=O) groups is 1. The molecule has 1 fully saturated rings. The fourth-order valence-electron chi connectivity index (χ4n) is 4.19. The van der Waals surface area contributed by atoms with Gasteiger partial charge in [-0.15, -0.1) is 0 Å². The molecule has 0 radical (unpaired) electrons. The third kappa shape index (κ3) is 4.48. The van der Waals surface area contributed by atoms with Crippen LogP contribution in [0.2, 0.25) is 0 Å². The molecule has 1 amide bonds. The second-order valence-corrected chi connectivity index (χ2v) is 8.18. The molecule has 4 rings (SSSR count). The summed E-state index contributed by atoms with van der Waals surface area (Å²) in [6.45, 7) is -0.520. The average molecular weight is 452 g/mol. The zero-order chi connectivity index (χ0) is 23.0. The first-order valence-corrected chi connectivity index (χ1v) is 10.2. The lowest BCUT2D eigenvalue weighted by Crippen LogP contribution is -2.43. The van der Waals surface area contributed by atoms with Crippen molar-refractivity contribution in [1.82, 2.24) is 10.3 Å². The van der Waals surface area contributed by atoms with Gasteiger partial charge < -0.3 is 15.4 Å². The second kappa shape index (κ2) is 8.90. The van der Waals surface area contributed by atoms with Crippen LogP contribution in [-0.4, -0.2) is 35.1 Å². The van der Waals surface area contributed by atoms with E-state index in [1.165, 1.54) is 18.2 Å². The van der Waals surface area contributed by atoms with Crippen LogP contribution in [0.1, 0.15) is 18.4 Å². The molecule has 1 unspecified atom stereocenters. The number of aliphatic hydroxyl groups excluding tert-OH is 1. The molecule has 32 heavy (non-hydrogen) atoms. The van der Waals surface area contributed by atoms with Crippen LogP contribution in [0, 0.1) is 29.3 Å². The van der Waals surface area contributed by atoms with Crippen molar-refractivity contribution in [2.45, 2.75) is 31.8 Å². The molecule has 0 bridgehead atoms. The van der Waals surface area contributed by atoms with Gasteiger partial charge >= 0.3 is 0 Å². The molecule has 3 N–H and O–H groups in total. The molecule has 4 nitrogen and oxygen atoms in total.